The molecule has 0 bridgehead atoms. The van der Waals surface area contributed by atoms with Crippen LogP contribution in [0.3, 0.4) is 0 Å². The van der Waals surface area contributed by atoms with Crippen molar-refractivity contribution in [3.63, 3.8) is 0 Å². The maximum atomic E-state index is 11.7. The van der Waals surface area contributed by atoms with E-state index >= 15 is 0 Å². The van der Waals surface area contributed by atoms with Crippen molar-refractivity contribution in [3.8, 4) is 0 Å². The summed E-state index contributed by atoms with van der Waals surface area (Å²) < 4.78 is 24.7. The summed E-state index contributed by atoms with van der Waals surface area (Å²) in [5.74, 6) is 0.0722. The minimum atomic E-state index is -2.99. The molecule has 0 spiro atoms. The Balaban J connectivity index is 1.69. The molecule has 2 N–H and O–H groups in total. The van der Waals surface area contributed by atoms with Crippen LogP contribution in [0.1, 0.15) is 6.42 Å². The highest BCUT2D eigenvalue weighted by atomic mass is 32.2. The molecule has 1 aromatic heterocycles. The maximum Gasteiger partial charge on any atom is 0.221 e. The Bertz CT molecular complexity index is 512. The molecule has 8 heteroatoms. The van der Waals surface area contributed by atoms with Crippen LogP contribution in [0.5, 0.6) is 0 Å². The molecule has 1 atom stereocenters. The van der Waals surface area contributed by atoms with Gasteiger partial charge in [-0.05, 0) is 0 Å². The second kappa shape index (κ2) is 6.16. The predicted octanol–water partition coefficient (Wildman–Crippen LogP) is -1.22. The Hall–Kier alpha value is -1.41. The van der Waals surface area contributed by atoms with Gasteiger partial charge in [0.2, 0.25) is 5.91 Å². The average molecular weight is 286 g/mol. The Morgan fingerprint density at radius 2 is 2.37 bits per heavy atom. The fourth-order valence-electron chi connectivity index (χ4n) is 2.04. The molecule has 1 aliphatic rings. The summed E-state index contributed by atoms with van der Waals surface area (Å²) in [7, 11) is -2.99. The van der Waals surface area contributed by atoms with Crippen LogP contribution in [0.4, 0.5) is 0 Å². The van der Waals surface area contributed by atoms with E-state index in [1.165, 1.54) is 0 Å². The Morgan fingerprint density at radius 3 is 3.05 bits per heavy atom. The number of rotatable bonds is 5. The van der Waals surface area contributed by atoms with Crippen LogP contribution in [-0.4, -0.2) is 54.5 Å². The number of amides is 1. The van der Waals surface area contributed by atoms with Gasteiger partial charge in [-0.25, -0.2) is 13.4 Å². The predicted molar refractivity (Wildman–Crippen MR) is 70.3 cm³/mol. The normalized spacial score (nSPS) is 22.0. The van der Waals surface area contributed by atoms with Gasteiger partial charge in [0.25, 0.3) is 0 Å². The second-order valence-electron chi connectivity index (χ2n) is 4.62. The lowest BCUT2D eigenvalue weighted by molar-refractivity contribution is -0.121. The fourth-order valence-corrected chi connectivity index (χ4v) is 3.48. The smallest absolute Gasteiger partial charge is 0.221 e. The SMILES string of the molecule is O=C(CC1CS(=O)(=O)CCN1)NCCn1ccnc1. The summed E-state index contributed by atoms with van der Waals surface area (Å²) in [4.78, 5) is 15.6. The quantitative estimate of drug-likeness (QED) is 0.707. The lowest BCUT2D eigenvalue weighted by Crippen LogP contribution is -2.47. The zero-order chi connectivity index (χ0) is 13.7. The summed E-state index contributed by atoms with van der Waals surface area (Å²) in [6, 6.07) is -0.271. The van der Waals surface area contributed by atoms with E-state index in [-0.39, 0.29) is 29.9 Å². The van der Waals surface area contributed by atoms with Crippen molar-refractivity contribution in [2.24, 2.45) is 0 Å². The number of hydrogen-bond donors (Lipinski definition) is 2. The number of nitrogens with zero attached hydrogens (tertiary/aromatic N) is 2. The Morgan fingerprint density at radius 1 is 1.53 bits per heavy atom. The highest BCUT2D eigenvalue weighted by molar-refractivity contribution is 7.91. The first-order valence-electron chi connectivity index (χ1n) is 6.21. The molecule has 1 aliphatic heterocycles. The van der Waals surface area contributed by atoms with Crippen molar-refractivity contribution in [1.29, 1.82) is 0 Å². The number of nitrogens with one attached hydrogen (secondary N) is 2. The van der Waals surface area contributed by atoms with Crippen LogP contribution in [-0.2, 0) is 21.2 Å². The van der Waals surface area contributed by atoms with Gasteiger partial charge in [-0.15, -0.1) is 0 Å². The maximum absolute atomic E-state index is 11.7. The molecule has 7 nitrogen and oxygen atoms in total. The van der Waals surface area contributed by atoms with E-state index in [1.807, 2.05) is 10.8 Å². The van der Waals surface area contributed by atoms with Crippen LogP contribution in [0.15, 0.2) is 18.7 Å². The van der Waals surface area contributed by atoms with Crippen LogP contribution < -0.4 is 10.6 Å². The molecule has 1 fully saturated rings. The Kier molecular flexibility index (Phi) is 4.54. The zero-order valence-corrected chi connectivity index (χ0v) is 11.4. The standard InChI is InChI=1S/C11H18N4O3S/c16-11(14-2-5-15-4-1-12-9-15)7-10-8-19(17,18)6-3-13-10/h1,4,9-10,13H,2-3,5-8H2,(H,14,16). The monoisotopic (exact) mass is 286 g/mol. The first-order chi connectivity index (χ1) is 9.05. The van der Waals surface area contributed by atoms with E-state index in [1.54, 1.807) is 12.5 Å². The van der Waals surface area contributed by atoms with Crippen molar-refractivity contribution >= 4 is 15.7 Å². The number of hydrogen-bond acceptors (Lipinski definition) is 5. The van der Waals surface area contributed by atoms with Crippen LogP contribution in [0.2, 0.25) is 0 Å². The summed E-state index contributed by atoms with van der Waals surface area (Å²) in [6.45, 7) is 1.59. The molecule has 2 rings (SSSR count). The van der Waals surface area contributed by atoms with Gasteiger partial charge in [0.15, 0.2) is 9.84 Å². The van der Waals surface area contributed by atoms with E-state index in [0.29, 0.717) is 19.6 Å². The van der Waals surface area contributed by atoms with E-state index in [9.17, 15) is 13.2 Å². The molecule has 2 heterocycles. The van der Waals surface area contributed by atoms with Crippen molar-refractivity contribution in [2.45, 2.75) is 19.0 Å². The van der Waals surface area contributed by atoms with Crippen LogP contribution >= 0.6 is 0 Å². The summed E-state index contributed by atoms with van der Waals surface area (Å²) in [5, 5.41) is 5.83. The number of imidazole rings is 1. The van der Waals surface area contributed by atoms with Crippen molar-refractivity contribution in [1.82, 2.24) is 20.2 Å². The third-order valence-corrected chi connectivity index (χ3v) is 4.72. The van der Waals surface area contributed by atoms with Crippen molar-refractivity contribution in [2.75, 3.05) is 24.6 Å². The first-order valence-corrected chi connectivity index (χ1v) is 8.03. The van der Waals surface area contributed by atoms with E-state index < -0.39 is 9.84 Å². The fraction of sp³-hybridized carbons (Fsp3) is 0.636. The third-order valence-electron chi connectivity index (χ3n) is 2.98. The van der Waals surface area contributed by atoms with Crippen molar-refractivity contribution < 1.29 is 13.2 Å². The molecule has 1 aromatic rings. The molecular weight excluding hydrogens is 268 g/mol. The topological polar surface area (TPSA) is 93.1 Å². The van der Waals surface area contributed by atoms with Crippen LogP contribution in [0.25, 0.3) is 0 Å². The molecule has 1 unspecified atom stereocenters. The molecule has 1 saturated heterocycles. The van der Waals surface area contributed by atoms with E-state index in [4.69, 9.17) is 0 Å². The molecule has 0 saturated carbocycles. The van der Waals surface area contributed by atoms with Gasteiger partial charge in [0.1, 0.15) is 0 Å². The first kappa shape index (κ1) is 14.0. The summed E-state index contributed by atoms with van der Waals surface area (Å²) in [5.41, 5.74) is 0. The largest absolute Gasteiger partial charge is 0.354 e. The van der Waals surface area contributed by atoms with E-state index in [2.05, 4.69) is 15.6 Å². The number of aromatic nitrogens is 2. The third kappa shape index (κ3) is 4.64. The molecule has 19 heavy (non-hydrogen) atoms. The molecule has 0 radical (unpaired) electrons. The number of carbonyl (C=O) groups is 1. The second-order valence-corrected chi connectivity index (χ2v) is 6.85. The minimum Gasteiger partial charge on any atom is -0.354 e. The summed E-state index contributed by atoms with van der Waals surface area (Å²) >= 11 is 0. The van der Waals surface area contributed by atoms with Crippen LogP contribution in [0, 0.1) is 0 Å². The highest BCUT2D eigenvalue weighted by Crippen LogP contribution is 2.04. The summed E-state index contributed by atoms with van der Waals surface area (Å²) in [6.07, 6.45) is 5.38. The molecule has 106 valence electrons. The van der Waals surface area contributed by atoms with Crippen molar-refractivity contribution in [3.05, 3.63) is 18.7 Å². The zero-order valence-electron chi connectivity index (χ0n) is 10.6. The number of sulfone groups is 1. The molecule has 0 aliphatic carbocycles. The molecule has 1 amide bonds. The van der Waals surface area contributed by atoms with Gasteiger partial charge in [0.05, 0.1) is 17.8 Å². The van der Waals surface area contributed by atoms with Gasteiger partial charge in [0, 0.05) is 44.5 Å². The lowest BCUT2D eigenvalue weighted by atomic mass is 10.2. The molecule has 0 aromatic carbocycles. The minimum absolute atomic E-state index is 0.0436. The van der Waals surface area contributed by atoms with Gasteiger partial charge in [-0.3, -0.25) is 4.79 Å². The average Bonchev–Trinajstić information content (AvgIpc) is 2.80. The van der Waals surface area contributed by atoms with Gasteiger partial charge >= 0.3 is 0 Å². The van der Waals surface area contributed by atoms with Gasteiger partial charge in [-0.1, -0.05) is 0 Å². The molecular formula is C11H18N4O3S. The lowest BCUT2D eigenvalue weighted by Gasteiger charge is -2.23. The highest BCUT2D eigenvalue weighted by Gasteiger charge is 2.25. The van der Waals surface area contributed by atoms with Gasteiger partial charge in [-0.2, -0.15) is 0 Å². The van der Waals surface area contributed by atoms with E-state index in [0.717, 1.165) is 0 Å². The number of carbonyl (C=O) groups excluding carboxylic acids is 1. The van der Waals surface area contributed by atoms with Gasteiger partial charge < -0.3 is 15.2 Å². The Labute approximate surface area is 112 Å².